The number of nitrogens with two attached hydrogens (primary N) is 1. The van der Waals surface area contributed by atoms with Crippen LogP contribution in [-0.2, 0) is 15.0 Å². The van der Waals surface area contributed by atoms with Crippen LogP contribution in [0.5, 0.6) is 0 Å². The molecule has 1 saturated heterocycles. The van der Waals surface area contributed by atoms with Crippen LogP contribution in [0.3, 0.4) is 0 Å². The third-order valence-corrected chi connectivity index (χ3v) is 4.49. The van der Waals surface area contributed by atoms with Gasteiger partial charge in [-0.2, -0.15) is 12.7 Å². The summed E-state index contributed by atoms with van der Waals surface area (Å²) < 4.78 is 23.6. The fourth-order valence-corrected chi connectivity index (χ4v) is 2.88. The standard InChI is InChI=1S/C13H20N4O3S/c14-21(19,20)17-10-8-16(9-11-17)7-6-13(18)15-12-4-2-1-3-5-12/h1-5H,6-11H2,(H,15,18)(H2,14,19,20). The van der Waals surface area contributed by atoms with E-state index in [1.807, 2.05) is 30.3 Å². The summed E-state index contributed by atoms with van der Waals surface area (Å²) >= 11 is 0. The maximum atomic E-state index is 11.8. The number of piperazine rings is 1. The van der Waals surface area contributed by atoms with E-state index in [-0.39, 0.29) is 5.91 Å². The highest BCUT2D eigenvalue weighted by Gasteiger charge is 2.23. The summed E-state index contributed by atoms with van der Waals surface area (Å²) in [5.74, 6) is -0.0462. The first-order chi connectivity index (χ1) is 9.95. The average molecular weight is 312 g/mol. The molecule has 116 valence electrons. The van der Waals surface area contributed by atoms with E-state index < -0.39 is 10.2 Å². The third kappa shape index (κ3) is 5.09. The minimum absolute atomic E-state index is 0.0462. The summed E-state index contributed by atoms with van der Waals surface area (Å²) in [4.78, 5) is 13.9. The maximum absolute atomic E-state index is 11.8. The molecule has 0 bridgehead atoms. The lowest BCUT2D eigenvalue weighted by atomic mass is 10.3. The van der Waals surface area contributed by atoms with Crippen LogP contribution < -0.4 is 10.5 Å². The average Bonchev–Trinajstić information content (AvgIpc) is 2.46. The molecule has 1 aliphatic rings. The Morgan fingerprint density at radius 1 is 1.14 bits per heavy atom. The van der Waals surface area contributed by atoms with Gasteiger partial charge in [-0.05, 0) is 12.1 Å². The van der Waals surface area contributed by atoms with Gasteiger partial charge in [0.2, 0.25) is 5.91 Å². The quantitative estimate of drug-likeness (QED) is 0.789. The van der Waals surface area contributed by atoms with Gasteiger partial charge in [0.05, 0.1) is 0 Å². The minimum Gasteiger partial charge on any atom is -0.326 e. The molecule has 1 aromatic rings. The molecule has 0 radical (unpaired) electrons. The lowest BCUT2D eigenvalue weighted by Crippen LogP contribution is -2.50. The summed E-state index contributed by atoms with van der Waals surface area (Å²) in [6, 6.07) is 9.29. The number of carbonyl (C=O) groups excluding carboxylic acids is 1. The Kier molecular flexibility index (Phi) is 5.29. The van der Waals surface area contributed by atoms with Crippen LogP contribution in [-0.4, -0.2) is 56.3 Å². The van der Waals surface area contributed by atoms with Gasteiger partial charge in [-0.1, -0.05) is 18.2 Å². The van der Waals surface area contributed by atoms with Crippen LogP contribution in [0.2, 0.25) is 0 Å². The molecule has 1 amide bonds. The van der Waals surface area contributed by atoms with Crippen molar-refractivity contribution in [2.24, 2.45) is 5.14 Å². The SMILES string of the molecule is NS(=O)(=O)N1CCN(CCC(=O)Nc2ccccc2)CC1. The molecule has 0 unspecified atom stereocenters. The lowest BCUT2D eigenvalue weighted by molar-refractivity contribution is -0.116. The zero-order valence-electron chi connectivity index (χ0n) is 11.7. The van der Waals surface area contributed by atoms with E-state index in [0.717, 1.165) is 5.69 Å². The molecule has 7 nitrogen and oxygen atoms in total. The molecule has 21 heavy (non-hydrogen) atoms. The lowest BCUT2D eigenvalue weighted by Gasteiger charge is -2.32. The first-order valence-electron chi connectivity index (χ1n) is 6.80. The van der Waals surface area contributed by atoms with Crippen molar-refractivity contribution >= 4 is 21.8 Å². The summed E-state index contributed by atoms with van der Waals surface area (Å²) in [6.07, 6.45) is 0.379. The van der Waals surface area contributed by atoms with Crippen LogP contribution in [0.4, 0.5) is 5.69 Å². The van der Waals surface area contributed by atoms with E-state index in [0.29, 0.717) is 39.1 Å². The van der Waals surface area contributed by atoms with Gasteiger partial charge < -0.3 is 10.2 Å². The molecule has 0 aliphatic carbocycles. The number of amides is 1. The molecule has 8 heteroatoms. The van der Waals surface area contributed by atoms with Crippen LogP contribution in [0.25, 0.3) is 0 Å². The van der Waals surface area contributed by atoms with Crippen molar-refractivity contribution in [2.75, 3.05) is 38.0 Å². The van der Waals surface area contributed by atoms with E-state index >= 15 is 0 Å². The second-order valence-electron chi connectivity index (χ2n) is 4.95. The van der Waals surface area contributed by atoms with Gasteiger partial charge >= 0.3 is 0 Å². The summed E-state index contributed by atoms with van der Waals surface area (Å²) in [5.41, 5.74) is 0.779. The number of rotatable bonds is 5. The van der Waals surface area contributed by atoms with Crippen molar-refractivity contribution < 1.29 is 13.2 Å². The number of para-hydroxylation sites is 1. The zero-order valence-corrected chi connectivity index (χ0v) is 12.6. The molecule has 1 heterocycles. The van der Waals surface area contributed by atoms with Crippen LogP contribution in [0, 0.1) is 0 Å². The van der Waals surface area contributed by atoms with Gasteiger partial charge in [0.15, 0.2) is 0 Å². The number of hydrogen-bond donors (Lipinski definition) is 2. The normalized spacial score (nSPS) is 17.6. The van der Waals surface area contributed by atoms with Crippen LogP contribution in [0.1, 0.15) is 6.42 Å². The van der Waals surface area contributed by atoms with Gasteiger partial charge in [-0.15, -0.1) is 0 Å². The third-order valence-electron chi connectivity index (χ3n) is 3.40. The summed E-state index contributed by atoms with van der Waals surface area (Å²) in [7, 11) is -3.59. The van der Waals surface area contributed by atoms with E-state index in [1.165, 1.54) is 4.31 Å². The molecule has 1 fully saturated rings. The number of hydrogen-bond acceptors (Lipinski definition) is 4. The molecule has 3 N–H and O–H groups in total. The second-order valence-corrected chi connectivity index (χ2v) is 6.50. The second kappa shape index (κ2) is 6.99. The van der Waals surface area contributed by atoms with Gasteiger partial charge in [0, 0.05) is 44.8 Å². The summed E-state index contributed by atoms with van der Waals surface area (Å²) in [6.45, 7) is 2.54. The summed E-state index contributed by atoms with van der Waals surface area (Å²) in [5, 5.41) is 7.90. The predicted molar refractivity (Wildman–Crippen MR) is 80.8 cm³/mol. The predicted octanol–water partition coefficient (Wildman–Crippen LogP) is -0.164. The smallest absolute Gasteiger partial charge is 0.276 e. The molecular formula is C13H20N4O3S. The van der Waals surface area contributed by atoms with Gasteiger partial charge in [0.25, 0.3) is 10.2 Å². The number of nitrogens with one attached hydrogen (secondary N) is 1. The molecule has 0 saturated carbocycles. The molecule has 1 aromatic carbocycles. The molecule has 1 aliphatic heterocycles. The molecule has 0 aromatic heterocycles. The van der Waals surface area contributed by atoms with Gasteiger partial charge in [-0.3, -0.25) is 4.79 Å². The molecular weight excluding hydrogens is 292 g/mol. The minimum atomic E-state index is -3.59. The molecule has 2 rings (SSSR count). The largest absolute Gasteiger partial charge is 0.326 e. The van der Waals surface area contributed by atoms with E-state index in [9.17, 15) is 13.2 Å². The van der Waals surface area contributed by atoms with Crippen molar-refractivity contribution in [3.05, 3.63) is 30.3 Å². The van der Waals surface area contributed by atoms with E-state index in [1.54, 1.807) is 0 Å². The Morgan fingerprint density at radius 3 is 2.33 bits per heavy atom. The first kappa shape index (κ1) is 15.9. The number of benzene rings is 1. The van der Waals surface area contributed by atoms with E-state index in [2.05, 4.69) is 10.2 Å². The number of anilines is 1. The highest BCUT2D eigenvalue weighted by Crippen LogP contribution is 2.07. The Hall–Kier alpha value is -1.48. The van der Waals surface area contributed by atoms with Crippen molar-refractivity contribution in [1.29, 1.82) is 0 Å². The fourth-order valence-electron chi connectivity index (χ4n) is 2.21. The highest BCUT2D eigenvalue weighted by atomic mass is 32.2. The van der Waals surface area contributed by atoms with E-state index in [4.69, 9.17) is 5.14 Å². The Morgan fingerprint density at radius 2 is 1.76 bits per heavy atom. The molecule has 0 spiro atoms. The molecule has 0 atom stereocenters. The highest BCUT2D eigenvalue weighted by molar-refractivity contribution is 7.86. The number of nitrogens with zero attached hydrogens (tertiary/aromatic N) is 2. The maximum Gasteiger partial charge on any atom is 0.276 e. The van der Waals surface area contributed by atoms with Crippen molar-refractivity contribution in [3.63, 3.8) is 0 Å². The van der Waals surface area contributed by atoms with Crippen molar-refractivity contribution in [3.8, 4) is 0 Å². The topological polar surface area (TPSA) is 95.7 Å². The van der Waals surface area contributed by atoms with Crippen LogP contribution >= 0.6 is 0 Å². The number of carbonyl (C=O) groups is 1. The Labute approximate surface area is 124 Å². The first-order valence-corrected chi connectivity index (χ1v) is 8.30. The Balaban J connectivity index is 1.71. The fraction of sp³-hybridized carbons (Fsp3) is 0.462. The van der Waals surface area contributed by atoms with Crippen LogP contribution in [0.15, 0.2) is 30.3 Å². The van der Waals surface area contributed by atoms with Crippen molar-refractivity contribution in [2.45, 2.75) is 6.42 Å². The van der Waals surface area contributed by atoms with Gasteiger partial charge in [-0.25, -0.2) is 5.14 Å². The van der Waals surface area contributed by atoms with Crippen molar-refractivity contribution in [1.82, 2.24) is 9.21 Å². The van der Waals surface area contributed by atoms with Gasteiger partial charge in [0.1, 0.15) is 0 Å². The zero-order chi connectivity index (χ0) is 15.3. The Bertz CT molecular complexity index is 568. The monoisotopic (exact) mass is 312 g/mol.